The number of hydrogen-bond acceptors (Lipinski definition) is 3. The number of benzene rings is 1. The molecular weight excluding hydrogens is 282 g/mol. The zero-order valence-corrected chi connectivity index (χ0v) is 13.0. The van der Waals surface area contributed by atoms with E-state index in [4.69, 9.17) is 16.6 Å². The van der Waals surface area contributed by atoms with Gasteiger partial charge in [0, 0.05) is 23.3 Å². The highest BCUT2D eigenvalue weighted by Crippen LogP contribution is 2.23. The molecule has 0 bridgehead atoms. The van der Waals surface area contributed by atoms with Crippen LogP contribution in [0.25, 0.3) is 0 Å². The summed E-state index contributed by atoms with van der Waals surface area (Å²) in [6.07, 6.45) is 6.17. The van der Waals surface area contributed by atoms with E-state index in [-0.39, 0.29) is 0 Å². The third-order valence-corrected chi connectivity index (χ3v) is 4.32. The van der Waals surface area contributed by atoms with Crippen LogP contribution in [0.15, 0.2) is 30.5 Å². The Morgan fingerprint density at radius 1 is 1.29 bits per heavy atom. The van der Waals surface area contributed by atoms with Gasteiger partial charge in [-0.3, -0.25) is 0 Å². The van der Waals surface area contributed by atoms with Gasteiger partial charge in [-0.2, -0.15) is 0 Å². The van der Waals surface area contributed by atoms with Gasteiger partial charge in [-0.15, -0.1) is 0 Å². The maximum absolute atomic E-state index is 5.91. The molecule has 1 atom stereocenters. The third-order valence-electron chi connectivity index (χ3n) is 4.07. The zero-order valence-electron chi connectivity index (χ0n) is 12.3. The summed E-state index contributed by atoms with van der Waals surface area (Å²) in [6.45, 7) is 1.08. The van der Waals surface area contributed by atoms with Crippen molar-refractivity contribution in [1.82, 2.24) is 15.3 Å². The van der Waals surface area contributed by atoms with Crippen LogP contribution in [0.1, 0.15) is 29.1 Å². The van der Waals surface area contributed by atoms with Gasteiger partial charge in [-0.1, -0.05) is 23.7 Å². The first-order chi connectivity index (χ1) is 10.2. The van der Waals surface area contributed by atoms with Gasteiger partial charge in [-0.25, -0.2) is 9.97 Å². The summed E-state index contributed by atoms with van der Waals surface area (Å²) in [5.74, 6) is 1.62. The molecule has 0 aliphatic heterocycles. The molecule has 0 amide bonds. The van der Waals surface area contributed by atoms with Crippen LogP contribution in [0.2, 0.25) is 5.02 Å². The molecule has 110 valence electrons. The van der Waals surface area contributed by atoms with Crippen LogP contribution in [-0.2, 0) is 19.3 Å². The molecular formula is C17H20ClN3. The molecule has 1 heterocycles. The standard InChI is InChI=1S/C17H20ClN3/c1-19-10-13-4-7-16-14(8-13)11-20-17(21-16)9-12-2-5-15(18)6-3-12/h2-3,5-6,11,13,19H,4,7-10H2,1H3. The Morgan fingerprint density at radius 2 is 2.10 bits per heavy atom. The van der Waals surface area contributed by atoms with Gasteiger partial charge in [0.2, 0.25) is 0 Å². The Labute approximate surface area is 130 Å². The lowest BCUT2D eigenvalue weighted by Gasteiger charge is -2.23. The van der Waals surface area contributed by atoms with Crippen molar-refractivity contribution in [3.8, 4) is 0 Å². The quantitative estimate of drug-likeness (QED) is 0.943. The Bertz CT molecular complexity index is 610. The first-order valence-electron chi connectivity index (χ1n) is 7.47. The van der Waals surface area contributed by atoms with Gasteiger partial charge < -0.3 is 5.32 Å². The second-order valence-corrected chi connectivity index (χ2v) is 6.16. The number of halogens is 1. The van der Waals surface area contributed by atoms with E-state index < -0.39 is 0 Å². The van der Waals surface area contributed by atoms with Crippen LogP contribution in [-0.4, -0.2) is 23.6 Å². The Kier molecular flexibility index (Phi) is 4.51. The SMILES string of the molecule is CNCC1CCc2nc(Cc3ccc(Cl)cc3)ncc2C1. The van der Waals surface area contributed by atoms with Crippen molar-refractivity contribution in [2.45, 2.75) is 25.7 Å². The number of nitrogens with zero attached hydrogens (tertiary/aromatic N) is 2. The van der Waals surface area contributed by atoms with Crippen molar-refractivity contribution in [1.29, 1.82) is 0 Å². The Hall–Kier alpha value is -1.45. The maximum atomic E-state index is 5.91. The van der Waals surface area contributed by atoms with Crippen LogP contribution >= 0.6 is 11.6 Å². The molecule has 1 aromatic carbocycles. The van der Waals surface area contributed by atoms with Crippen LogP contribution in [0.3, 0.4) is 0 Å². The minimum atomic E-state index is 0.716. The molecule has 3 nitrogen and oxygen atoms in total. The number of hydrogen-bond donors (Lipinski definition) is 1. The van der Waals surface area contributed by atoms with Crippen molar-refractivity contribution < 1.29 is 0 Å². The lowest BCUT2D eigenvalue weighted by atomic mass is 9.87. The summed E-state index contributed by atoms with van der Waals surface area (Å²) in [5.41, 5.74) is 3.76. The van der Waals surface area contributed by atoms with Gasteiger partial charge in [-0.05, 0) is 62.0 Å². The van der Waals surface area contributed by atoms with E-state index >= 15 is 0 Å². The van der Waals surface area contributed by atoms with E-state index in [1.165, 1.54) is 23.2 Å². The fraction of sp³-hybridized carbons (Fsp3) is 0.412. The van der Waals surface area contributed by atoms with E-state index in [1.807, 2.05) is 37.5 Å². The number of nitrogens with one attached hydrogen (secondary N) is 1. The van der Waals surface area contributed by atoms with E-state index in [0.717, 1.165) is 36.7 Å². The summed E-state index contributed by atoms with van der Waals surface area (Å²) in [4.78, 5) is 9.30. The zero-order chi connectivity index (χ0) is 14.7. The second-order valence-electron chi connectivity index (χ2n) is 5.73. The summed E-state index contributed by atoms with van der Waals surface area (Å²) < 4.78 is 0. The molecule has 1 unspecified atom stereocenters. The lowest BCUT2D eigenvalue weighted by molar-refractivity contribution is 0.433. The van der Waals surface area contributed by atoms with Gasteiger partial charge in [0.15, 0.2) is 0 Å². The molecule has 0 saturated carbocycles. The summed E-state index contributed by atoms with van der Waals surface area (Å²) >= 11 is 5.91. The van der Waals surface area contributed by atoms with Crippen LogP contribution in [0, 0.1) is 5.92 Å². The van der Waals surface area contributed by atoms with Gasteiger partial charge in [0.05, 0.1) is 0 Å². The van der Waals surface area contributed by atoms with Crippen LogP contribution < -0.4 is 5.32 Å². The molecule has 21 heavy (non-hydrogen) atoms. The normalized spacial score (nSPS) is 17.5. The summed E-state index contributed by atoms with van der Waals surface area (Å²) in [5, 5.41) is 4.03. The highest BCUT2D eigenvalue weighted by Gasteiger charge is 2.19. The Balaban J connectivity index is 1.73. The molecule has 0 spiro atoms. The largest absolute Gasteiger partial charge is 0.319 e. The second kappa shape index (κ2) is 6.54. The van der Waals surface area contributed by atoms with Crippen molar-refractivity contribution in [3.63, 3.8) is 0 Å². The van der Waals surface area contributed by atoms with E-state index in [2.05, 4.69) is 10.3 Å². The smallest absolute Gasteiger partial charge is 0.132 e. The highest BCUT2D eigenvalue weighted by molar-refractivity contribution is 6.30. The van der Waals surface area contributed by atoms with E-state index in [0.29, 0.717) is 5.92 Å². The van der Waals surface area contributed by atoms with Crippen molar-refractivity contribution in [2.24, 2.45) is 5.92 Å². The molecule has 1 N–H and O–H groups in total. The number of aromatic nitrogens is 2. The summed E-state index contributed by atoms with van der Waals surface area (Å²) in [7, 11) is 2.02. The fourth-order valence-corrected chi connectivity index (χ4v) is 3.08. The molecule has 4 heteroatoms. The summed E-state index contributed by atoms with van der Waals surface area (Å²) in [6, 6.07) is 7.90. The van der Waals surface area contributed by atoms with Crippen molar-refractivity contribution in [3.05, 3.63) is 58.1 Å². The van der Waals surface area contributed by atoms with Crippen LogP contribution in [0.4, 0.5) is 0 Å². The van der Waals surface area contributed by atoms with Gasteiger partial charge >= 0.3 is 0 Å². The molecule has 0 radical (unpaired) electrons. The average Bonchev–Trinajstić information content (AvgIpc) is 2.50. The lowest BCUT2D eigenvalue weighted by Crippen LogP contribution is -2.25. The predicted octanol–water partition coefficient (Wildman–Crippen LogP) is 3.05. The number of aryl methyl sites for hydroxylation is 1. The number of rotatable bonds is 4. The topological polar surface area (TPSA) is 37.8 Å². The molecule has 3 rings (SSSR count). The molecule has 0 fully saturated rings. The minimum absolute atomic E-state index is 0.716. The third kappa shape index (κ3) is 3.60. The molecule has 1 aliphatic carbocycles. The maximum Gasteiger partial charge on any atom is 0.132 e. The van der Waals surface area contributed by atoms with Gasteiger partial charge in [0.1, 0.15) is 5.82 Å². The fourth-order valence-electron chi connectivity index (χ4n) is 2.96. The molecule has 1 aromatic heterocycles. The minimum Gasteiger partial charge on any atom is -0.319 e. The number of fused-ring (bicyclic) bond motifs is 1. The highest BCUT2D eigenvalue weighted by atomic mass is 35.5. The predicted molar refractivity (Wildman–Crippen MR) is 85.7 cm³/mol. The van der Waals surface area contributed by atoms with E-state index in [1.54, 1.807) is 0 Å². The van der Waals surface area contributed by atoms with Crippen LogP contribution in [0.5, 0.6) is 0 Å². The van der Waals surface area contributed by atoms with Crippen molar-refractivity contribution in [2.75, 3.05) is 13.6 Å². The Morgan fingerprint density at radius 3 is 2.86 bits per heavy atom. The monoisotopic (exact) mass is 301 g/mol. The van der Waals surface area contributed by atoms with Crippen molar-refractivity contribution >= 4 is 11.6 Å². The average molecular weight is 302 g/mol. The van der Waals surface area contributed by atoms with Gasteiger partial charge in [0.25, 0.3) is 0 Å². The van der Waals surface area contributed by atoms with E-state index in [9.17, 15) is 0 Å². The first kappa shape index (κ1) is 14.5. The molecule has 0 saturated heterocycles. The first-order valence-corrected chi connectivity index (χ1v) is 7.85. The molecule has 1 aliphatic rings. The molecule has 2 aromatic rings.